The average Bonchev–Trinajstić information content (AvgIpc) is 2.97. The molecule has 0 aliphatic carbocycles. The molecule has 0 heterocycles. The molecule has 0 aliphatic heterocycles. The van der Waals surface area contributed by atoms with E-state index in [0.717, 1.165) is 5.56 Å². The standard InChI is InChI=1S/C31H38FN3O5S/c1-3-34-41(38,39)28-18-13-24(14-19-28)15-20-29(36)35(23-25-11-16-27(32)17-12-25)30(26-9-6-5-7-10-26)31(37)33-21-8-22-40-4-2/h5-7,9-14,16-19,30,34H,3-4,8,15,20-23H2,1-2H3,(H,33,37). The number of aryl methyl sites for hydroxylation is 1. The third-order valence-electron chi connectivity index (χ3n) is 6.43. The number of halogens is 1. The summed E-state index contributed by atoms with van der Waals surface area (Å²) in [6.07, 6.45) is 1.06. The lowest BCUT2D eigenvalue weighted by molar-refractivity contribution is -0.141. The van der Waals surface area contributed by atoms with Crippen LogP contribution in [0.15, 0.2) is 83.8 Å². The minimum absolute atomic E-state index is 0.0848. The van der Waals surface area contributed by atoms with Crippen molar-refractivity contribution in [3.63, 3.8) is 0 Å². The summed E-state index contributed by atoms with van der Waals surface area (Å²) in [4.78, 5) is 29.0. The number of nitrogens with zero attached hydrogens (tertiary/aromatic N) is 1. The summed E-state index contributed by atoms with van der Waals surface area (Å²) in [5, 5.41) is 2.94. The highest BCUT2D eigenvalue weighted by molar-refractivity contribution is 7.89. The predicted molar refractivity (Wildman–Crippen MR) is 156 cm³/mol. The van der Waals surface area contributed by atoms with Gasteiger partial charge >= 0.3 is 0 Å². The van der Waals surface area contributed by atoms with Gasteiger partial charge in [0.2, 0.25) is 21.8 Å². The van der Waals surface area contributed by atoms with Crippen LogP contribution in [-0.4, -0.2) is 51.4 Å². The number of hydrogen-bond acceptors (Lipinski definition) is 5. The molecule has 0 aromatic heterocycles. The minimum atomic E-state index is -3.58. The van der Waals surface area contributed by atoms with Gasteiger partial charge in [0.1, 0.15) is 11.9 Å². The molecule has 3 aromatic rings. The molecule has 3 rings (SSSR count). The first-order valence-electron chi connectivity index (χ1n) is 13.8. The van der Waals surface area contributed by atoms with Crippen LogP contribution in [0.1, 0.15) is 49.4 Å². The Morgan fingerprint density at radius 3 is 2.22 bits per heavy atom. The maximum atomic E-state index is 13.8. The topological polar surface area (TPSA) is 105 Å². The smallest absolute Gasteiger partial charge is 0.247 e. The van der Waals surface area contributed by atoms with Crippen molar-refractivity contribution in [3.05, 3.63) is 101 Å². The number of benzene rings is 3. The molecule has 10 heteroatoms. The van der Waals surface area contributed by atoms with E-state index < -0.39 is 21.9 Å². The first-order valence-corrected chi connectivity index (χ1v) is 15.3. The van der Waals surface area contributed by atoms with Crippen molar-refractivity contribution in [3.8, 4) is 0 Å². The number of carbonyl (C=O) groups excluding carboxylic acids is 2. The van der Waals surface area contributed by atoms with E-state index in [4.69, 9.17) is 4.74 Å². The maximum absolute atomic E-state index is 13.8. The number of sulfonamides is 1. The molecular formula is C31H38FN3O5S. The van der Waals surface area contributed by atoms with Gasteiger partial charge in [0, 0.05) is 39.3 Å². The van der Waals surface area contributed by atoms with Crippen molar-refractivity contribution in [1.82, 2.24) is 14.9 Å². The fourth-order valence-electron chi connectivity index (χ4n) is 4.35. The van der Waals surface area contributed by atoms with E-state index in [-0.39, 0.29) is 36.2 Å². The van der Waals surface area contributed by atoms with Crippen LogP contribution in [0, 0.1) is 5.82 Å². The highest BCUT2D eigenvalue weighted by Gasteiger charge is 2.31. The van der Waals surface area contributed by atoms with Crippen LogP contribution in [0.3, 0.4) is 0 Å². The molecule has 1 atom stereocenters. The van der Waals surface area contributed by atoms with E-state index >= 15 is 0 Å². The number of nitrogens with one attached hydrogen (secondary N) is 2. The van der Waals surface area contributed by atoms with Gasteiger partial charge in [-0.25, -0.2) is 17.5 Å². The quantitative estimate of drug-likeness (QED) is 0.244. The minimum Gasteiger partial charge on any atom is -0.382 e. The van der Waals surface area contributed by atoms with E-state index in [0.29, 0.717) is 43.7 Å². The van der Waals surface area contributed by atoms with Crippen LogP contribution in [0.4, 0.5) is 4.39 Å². The average molecular weight is 584 g/mol. The second-order valence-electron chi connectivity index (χ2n) is 9.45. The Labute approximate surface area is 242 Å². The summed E-state index contributed by atoms with van der Waals surface area (Å²) in [6, 6.07) is 20.4. The van der Waals surface area contributed by atoms with Gasteiger partial charge in [0.05, 0.1) is 4.90 Å². The maximum Gasteiger partial charge on any atom is 0.247 e. The fourth-order valence-corrected chi connectivity index (χ4v) is 5.39. The van der Waals surface area contributed by atoms with Crippen molar-refractivity contribution in [2.24, 2.45) is 0 Å². The van der Waals surface area contributed by atoms with Crippen molar-refractivity contribution in [2.75, 3.05) is 26.3 Å². The number of ether oxygens (including phenoxy) is 1. The lowest BCUT2D eigenvalue weighted by Crippen LogP contribution is -2.43. The molecule has 2 N–H and O–H groups in total. The summed E-state index contributed by atoms with van der Waals surface area (Å²) < 4.78 is 45.9. The van der Waals surface area contributed by atoms with Crippen LogP contribution in [0.25, 0.3) is 0 Å². The molecule has 41 heavy (non-hydrogen) atoms. The van der Waals surface area contributed by atoms with Crippen LogP contribution >= 0.6 is 0 Å². The Morgan fingerprint density at radius 2 is 1.59 bits per heavy atom. The second-order valence-corrected chi connectivity index (χ2v) is 11.2. The third-order valence-corrected chi connectivity index (χ3v) is 7.99. The first kappa shape index (κ1) is 31.9. The fraction of sp³-hybridized carbons (Fsp3) is 0.355. The predicted octanol–water partition coefficient (Wildman–Crippen LogP) is 4.37. The molecule has 2 amide bonds. The molecule has 1 unspecified atom stereocenters. The Bertz CT molecular complexity index is 1350. The van der Waals surface area contributed by atoms with Gasteiger partial charge in [-0.15, -0.1) is 0 Å². The molecule has 0 radical (unpaired) electrons. The summed E-state index contributed by atoms with van der Waals surface area (Å²) in [6.45, 7) is 5.50. The molecule has 8 nitrogen and oxygen atoms in total. The Hall–Kier alpha value is -3.60. The normalized spacial score (nSPS) is 12.1. The van der Waals surface area contributed by atoms with E-state index in [1.165, 1.54) is 29.2 Å². The van der Waals surface area contributed by atoms with Gasteiger partial charge in [-0.3, -0.25) is 9.59 Å². The van der Waals surface area contributed by atoms with Gasteiger partial charge in [-0.05, 0) is 60.7 Å². The Kier molecular flexibility index (Phi) is 12.5. The highest BCUT2D eigenvalue weighted by atomic mass is 32.2. The van der Waals surface area contributed by atoms with E-state index in [1.807, 2.05) is 25.1 Å². The summed E-state index contributed by atoms with van der Waals surface area (Å²) in [5.74, 6) is -0.976. The monoisotopic (exact) mass is 583 g/mol. The number of hydrogen-bond donors (Lipinski definition) is 2. The molecule has 0 saturated carbocycles. The molecule has 220 valence electrons. The van der Waals surface area contributed by atoms with E-state index in [1.54, 1.807) is 43.3 Å². The Balaban J connectivity index is 1.84. The lowest BCUT2D eigenvalue weighted by atomic mass is 10.0. The van der Waals surface area contributed by atoms with Crippen molar-refractivity contribution in [2.45, 2.75) is 50.6 Å². The third kappa shape index (κ3) is 9.77. The van der Waals surface area contributed by atoms with Gasteiger partial charge in [0.25, 0.3) is 0 Å². The zero-order chi connectivity index (χ0) is 29.7. The zero-order valence-electron chi connectivity index (χ0n) is 23.5. The van der Waals surface area contributed by atoms with Crippen molar-refractivity contribution in [1.29, 1.82) is 0 Å². The van der Waals surface area contributed by atoms with E-state index in [2.05, 4.69) is 10.0 Å². The summed E-state index contributed by atoms with van der Waals surface area (Å²) >= 11 is 0. The first-order chi connectivity index (χ1) is 19.7. The number of carbonyl (C=O) groups is 2. The summed E-state index contributed by atoms with van der Waals surface area (Å²) in [7, 11) is -3.58. The van der Waals surface area contributed by atoms with Crippen LogP contribution in [0.5, 0.6) is 0 Å². The van der Waals surface area contributed by atoms with Crippen molar-refractivity contribution < 1.29 is 27.1 Å². The molecule has 0 bridgehead atoms. The van der Waals surface area contributed by atoms with Crippen LogP contribution < -0.4 is 10.0 Å². The van der Waals surface area contributed by atoms with Gasteiger partial charge < -0.3 is 15.0 Å². The second kappa shape index (κ2) is 16.0. The molecule has 0 aliphatic rings. The molecular weight excluding hydrogens is 545 g/mol. The lowest BCUT2D eigenvalue weighted by Gasteiger charge is -2.32. The van der Waals surface area contributed by atoms with Crippen LogP contribution in [-0.2, 0) is 37.3 Å². The van der Waals surface area contributed by atoms with E-state index in [9.17, 15) is 22.4 Å². The van der Waals surface area contributed by atoms with Crippen LogP contribution in [0.2, 0.25) is 0 Å². The number of amides is 2. The molecule has 3 aromatic carbocycles. The SMILES string of the molecule is CCNS(=O)(=O)c1ccc(CCC(=O)N(Cc2ccc(F)cc2)C(C(=O)NCCCOCC)c2ccccc2)cc1. The van der Waals surface area contributed by atoms with Crippen molar-refractivity contribution >= 4 is 21.8 Å². The number of rotatable bonds is 16. The summed E-state index contributed by atoms with van der Waals surface area (Å²) in [5.41, 5.74) is 2.12. The van der Waals surface area contributed by atoms with Gasteiger partial charge in [0.15, 0.2) is 0 Å². The molecule has 0 fully saturated rings. The largest absolute Gasteiger partial charge is 0.382 e. The van der Waals surface area contributed by atoms with Gasteiger partial charge in [-0.2, -0.15) is 0 Å². The molecule has 0 spiro atoms. The molecule has 0 saturated heterocycles. The highest BCUT2D eigenvalue weighted by Crippen LogP contribution is 2.25. The zero-order valence-corrected chi connectivity index (χ0v) is 24.3. The van der Waals surface area contributed by atoms with Gasteiger partial charge in [-0.1, -0.05) is 61.5 Å². The Morgan fingerprint density at radius 1 is 0.927 bits per heavy atom.